The minimum Gasteiger partial charge on any atom is -0.481 e. The van der Waals surface area contributed by atoms with Gasteiger partial charge in [0.25, 0.3) is 5.91 Å². The summed E-state index contributed by atoms with van der Waals surface area (Å²) in [5.41, 5.74) is 2.51. The van der Waals surface area contributed by atoms with E-state index in [0.29, 0.717) is 16.9 Å². The summed E-state index contributed by atoms with van der Waals surface area (Å²) < 4.78 is 0. The first-order valence-electron chi connectivity index (χ1n) is 7.08. The number of amides is 1. The van der Waals surface area contributed by atoms with Gasteiger partial charge in [0.15, 0.2) is 5.69 Å². The van der Waals surface area contributed by atoms with Crippen molar-refractivity contribution in [2.45, 2.75) is 32.6 Å². The van der Waals surface area contributed by atoms with Gasteiger partial charge in [-0.15, -0.1) is 0 Å². The van der Waals surface area contributed by atoms with Crippen LogP contribution in [0.15, 0.2) is 30.3 Å². The van der Waals surface area contributed by atoms with Gasteiger partial charge < -0.3 is 10.4 Å². The second kappa shape index (κ2) is 6.43. The molecule has 3 N–H and O–H groups in total. The standard InChI is InChI=1S/C16H19N3O3/c1-9(2)13-8-14(19-18-13)15(20)17-12-6-4-11(5-7-12)10(3)16(21)22/h4-10H,1-3H3,(H,17,20)(H,18,19)(H,21,22). The number of nitrogens with zero attached hydrogens (tertiary/aromatic N) is 1. The van der Waals surface area contributed by atoms with Crippen molar-refractivity contribution >= 4 is 17.6 Å². The highest BCUT2D eigenvalue weighted by atomic mass is 16.4. The molecule has 1 amide bonds. The molecular formula is C16H19N3O3. The van der Waals surface area contributed by atoms with Crippen molar-refractivity contribution in [3.8, 4) is 0 Å². The Labute approximate surface area is 128 Å². The molecule has 0 radical (unpaired) electrons. The third-order valence-electron chi connectivity index (χ3n) is 3.49. The highest BCUT2D eigenvalue weighted by Crippen LogP contribution is 2.19. The number of carbonyl (C=O) groups is 2. The summed E-state index contributed by atoms with van der Waals surface area (Å²) >= 11 is 0. The van der Waals surface area contributed by atoms with E-state index in [9.17, 15) is 9.59 Å². The number of rotatable bonds is 5. The molecule has 0 aliphatic carbocycles. The molecule has 6 heteroatoms. The molecule has 22 heavy (non-hydrogen) atoms. The van der Waals surface area contributed by atoms with E-state index >= 15 is 0 Å². The van der Waals surface area contributed by atoms with E-state index in [1.165, 1.54) is 0 Å². The third-order valence-corrected chi connectivity index (χ3v) is 3.49. The lowest BCUT2D eigenvalue weighted by molar-refractivity contribution is -0.138. The first kappa shape index (κ1) is 15.8. The molecule has 2 rings (SSSR count). The van der Waals surface area contributed by atoms with Crippen molar-refractivity contribution in [1.82, 2.24) is 10.2 Å². The van der Waals surface area contributed by atoms with Crippen LogP contribution in [0.25, 0.3) is 0 Å². The van der Waals surface area contributed by atoms with Crippen molar-refractivity contribution in [3.05, 3.63) is 47.3 Å². The number of benzene rings is 1. The zero-order valence-corrected chi connectivity index (χ0v) is 12.8. The number of hydrogen-bond acceptors (Lipinski definition) is 3. The Hall–Kier alpha value is -2.63. The predicted molar refractivity (Wildman–Crippen MR) is 83.1 cm³/mol. The van der Waals surface area contributed by atoms with Crippen molar-refractivity contribution in [2.75, 3.05) is 5.32 Å². The lowest BCUT2D eigenvalue weighted by Crippen LogP contribution is -2.12. The predicted octanol–water partition coefficient (Wildman–Crippen LogP) is 2.97. The fourth-order valence-corrected chi connectivity index (χ4v) is 1.94. The van der Waals surface area contributed by atoms with Crippen molar-refractivity contribution in [1.29, 1.82) is 0 Å². The van der Waals surface area contributed by atoms with Crippen molar-refractivity contribution in [3.63, 3.8) is 0 Å². The minimum absolute atomic E-state index is 0.269. The molecule has 2 aromatic rings. The Morgan fingerprint density at radius 2 is 1.82 bits per heavy atom. The third kappa shape index (κ3) is 3.52. The summed E-state index contributed by atoms with van der Waals surface area (Å²) in [5.74, 6) is -1.49. The maximum Gasteiger partial charge on any atom is 0.310 e. The molecular weight excluding hydrogens is 282 g/mol. The molecule has 0 saturated heterocycles. The Morgan fingerprint density at radius 3 is 2.32 bits per heavy atom. The zero-order valence-electron chi connectivity index (χ0n) is 12.8. The normalized spacial score (nSPS) is 12.2. The number of nitrogens with one attached hydrogen (secondary N) is 2. The average molecular weight is 301 g/mol. The number of carboxylic acid groups (broad SMARTS) is 1. The van der Waals surface area contributed by atoms with Gasteiger partial charge in [-0.1, -0.05) is 26.0 Å². The van der Waals surface area contributed by atoms with Crippen LogP contribution in [-0.4, -0.2) is 27.2 Å². The highest BCUT2D eigenvalue weighted by molar-refractivity contribution is 6.02. The molecule has 116 valence electrons. The van der Waals surface area contributed by atoms with Gasteiger partial charge in [-0.05, 0) is 36.6 Å². The van der Waals surface area contributed by atoms with E-state index in [4.69, 9.17) is 5.11 Å². The van der Waals surface area contributed by atoms with Crippen LogP contribution < -0.4 is 5.32 Å². The Kier molecular flexibility index (Phi) is 4.60. The Bertz CT molecular complexity index is 674. The topological polar surface area (TPSA) is 95.1 Å². The fraction of sp³-hybridized carbons (Fsp3) is 0.312. The molecule has 0 saturated carbocycles. The van der Waals surface area contributed by atoms with Crippen LogP contribution >= 0.6 is 0 Å². The van der Waals surface area contributed by atoms with Crippen LogP contribution in [0.4, 0.5) is 5.69 Å². The number of aromatic amines is 1. The van der Waals surface area contributed by atoms with E-state index in [0.717, 1.165) is 5.69 Å². The van der Waals surface area contributed by atoms with Crippen LogP contribution in [0.3, 0.4) is 0 Å². The lowest BCUT2D eigenvalue weighted by atomic mass is 10.0. The van der Waals surface area contributed by atoms with Gasteiger partial charge in [-0.3, -0.25) is 14.7 Å². The van der Waals surface area contributed by atoms with Gasteiger partial charge in [-0.25, -0.2) is 0 Å². The molecule has 0 fully saturated rings. The van der Waals surface area contributed by atoms with Gasteiger partial charge in [0.2, 0.25) is 0 Å². The molecule has 0 aliphatic rings. The van der Waals surface area contributed by atoms with Gasteiger partial charge in [0, 0.05) is 11.4 Å². The van der Waals surface area contributed by atoms with Gasteiger partial charge in [0.1, 0.15) is 0 Å². The number of carboxylic acids is 1. The number of aromatic nitrogens is 2. The quantitative estimate of drug-likeness (QED) is 0.791. The van der Waals surface area contributed by atoms with E-state index < -0.39 is 11.9 Å². The van der Waals surface area contributed by atoms with E-state index in [2.05, 4.69) is 15.5 Å². The molecule has 0 aliphatic heterocycles. The van der Waals surface area contributed by atoms with Gasteiger partial charge in [-0.2, -0.15) is 5.10 Å². The number of anilines is 1. The lowest BCUT2D eigenvalue weighted by Gasteiger charge is -2.08. The fourth-order valence-electron chi connectivity index (χ4n) is 1.94. The van der Waals surface area contributed by atoms with E-state index in [1.54, 1.807) is 37.3 Å². The maximum atomic E-state index is 12.1. The second-order valence-electron chi connectivity index (χ2n) is 5.50. The maximum absolute atomic E-state index is 12.1. The van der Waals surface area contributed by atoms with Crippen LogP contribution in [0.1, 0.15) is 54.4 Å². The molecule has 6 nitrogen and oxygen atoms in total. The highest BCUT2D eigenvalue weighted by Gasteiger charge is 2.15. The molecule has 1 atom stereocenters. The molecule has 1 aromatic carbocycles. The summed E-state index contributed by atoms with van der Waals surface area (Å²) in [6.07, 6.45) is 0. The summed E-state index contributed by atoms with van der Waals surface area (Å²) in [6.45, 7) is 5.64. The van der Waals surface area contributed by atoms with Gasteiger partial charge in [0.05, 0.1) is 5.92 Å². The van der Waals surface area contributed by atoms with Crippen molar-refractivity contribution in [2.24, 2.45) is 0 Å². The first-order chi connectivity index (χ1) is 10.4. The SMILES string of the molecule is CC(C)c1cc(C(=O)Nc2ccc(C(C)C(=O)O)cc2)n[nH]1. The van der Waals surface area contributed by atoms with Crippen LogP contribution in [0, 0.1) is 0 Å². The smallest absolute Gasteiger partial charge is 0.310 e. The first-order valence-corrected chi connectivity index (χ1v) is 7.08. The van der Waals surface area contributed by atoms with E-state index in [1.807, 2.05) is 13.8 Å². The Morgan fingerprint density at radius 1 is 1.18 bits per heavy atom. The summed E-state index contributed by atoms with van der Waals surface area (Å²) in [5, 5.41) is 18.5. The largest absolute Gasteiger partial charge is 0.481 e. The number of hydrogen-bond donors (Lipinski definition) is 3. The summed E-state index contributed by atoms with van der Waals surface area (Å²) in [4.78, 5) is 23.0. The van der Waals surface area contributed by atoms with E-state index in [-0.39, 0.29) is 11.8 Å². The van der Waals surface area contributed by atoms with Crippen molar-refractivity contribution < 1.29 is 14.7 Å². The minimum atomic E-state index is -0.880. The van der Waals surface area contributed by atoms with Gasteiger partial charge >= 0.3 is 5.97 Å². The van der Waals surface area contributed by atoms with Crippen LogP contribution in [0.2, 0.25) is 0 Å². The number of carbonyl (C=O) groups excluding carboxylic acids is 1. The molecule has 1 heterocycles. The average Bonchev–Trinajstić information content (AvgIpc) is 2.97. The number of H-pyrrole nitrogens is 1. The molecule has 0 bridgehead atoms. The zero-order chi connectivity index (χ0) is 16.3. The second-order valence-corrected chi connectivity index (χ2v) is 5.50. The Balaban J connectivity index is 2.06. The van der Waals surface area contributed by atoms with Crippen LogP contribution in [0.5, 0.6) is 0 Å². The molecule has 0 spiro atoms. The number of aliphatic carboxylic acids is 1. The molecule has 1 aromatic heterocycles. The summed E-state index contributed by atoms with van der Waals surface area (Å²) in [7, 11) is 0. The van der Waals surface area contributed by atoms with Crippen LogP contribution in [-0.2, 0) is 4.79 Å². The summed E-state index contributed by atoms with van der Waals surface area (Å²) in [6, 6.07) is 8.48. The molecule has 1 unspecified atom stereocenters. The monoisotopic (exact) mass is 301 g/mol.